The summed E-state index contributed by atoms with van der Waals surface area (Å²) >= 11 is 0. The maximum absolute atomic E-state index is 5.46. The molecule has 1 aromatic rings. The molecule has 0 aromatic heterocycles. The van der Waals surface area contributed by atoms with Gasteiger partial charge in [0.2, 0.25) is 0 Å². The fraction of sp³-hybridized carbons (Fsp3) is 0.600. The minimum atomic E-state index is 0.741. The zero-order valence-corrected chi connectivity index (χ0v) is 11.0. The van der Waals surface area contributed by atoms with Crippen molar-refractivity contribution in [3.63, 3.8) is 0 Å². The van der Waals surface area contributed by atoms with E-state index in [1.165, 1.54) is 24.1 Å². The summed E-state index contributed by atoms with van der Waals surface area (Å²) in [6.45, 7) is 5.33. The third kappa shape index (κ3) is 2.52. The van der Waals surface area contributed by atoms with Crippen LogP contribution in [0.3, 0.4) is 0 Å². The van der Waals surface area contributed by atoms with Gasteiger partial charge in [0.05, 0.1) is 13.7 Å². The van der Waals surface area contributed by atoms with Crippen molar-refractivity contribution >= 4 is 0 Å². The van der Waals surface area contributed by atoms with Gasteiger partial charge in [0.15, 0.2) is 0 Å². The highest BCUT2D eigenvalue weighted by Crippen LogP contribution is 2.25. The van der Waals surface area contributed by atoms with Crippen LogP contribution in [0.4, 0.5) is 0 Å². The summed E-state index contributed by atoms with van der Waals surface area (Å²) in [6.07, 6.45) is 2.37. The number of ether oxygens (including phenoxy) is 2. The molecule has 1 fully saturated rings. The zero-order valence-electron chi connectivity index (χ0n) is 11.0. The fourth-order valence-electron chi connectivity index (χ4n) is 2.96. The van der Waals surface area contributed by atoms with Crippen molar-refractivity contribution in [2.75, 3.05) is 33.4 Å². The largest absolute Gasteiger partial charge is 0.497 e. The average Bonchev–Trinajstić information content (AvgIpc) is 2.91. The van der Waals surface area contributed by atoms with Gasteiger partial charge >= 0.3 is 0 Å². The van der Waals surface area contributed by atoms with Crippen LogP contribution in [0.1, 0.15) is 17.5 Å². The second kappa shape index (κ2) is 5.29. The molecule has 0 spiro atoms. The van der Waals surface area contributed by atoms with Crippen molar-refractivity contribution in [1.29, 1.82) is 0 Å². The Kier molecular flexibility index (Phi) is 3.52. The van der Waals surface area contributed by atoms with E-state index in [1.54, 1.807) is 7.11 Å². The van der Waals surface area contributed by atoms with Crippen molar-refractivity contribution < 1.29 is 9.47 Å². The van der Waals surface area contributed by atoms with Crippen molar-refractivity contribution in [3.05, 3.63) is 29.3 Å². The van der Waals surface area contributed by atoms with E-state index in [4.69, 9.17) is 9.47 Å². The Bertz CT molecular complexity index is 413. The molecule has 3 nitrogen and oxygen atoms in total. The lowest BCUT2D eigenvalue weighted by Gasteiger charge is -2.30. The van der Waals surface area contributed by atoms with Crippen LogP contribution in [0, 0.1) is 5.92 Å². The van der Waals surface area contributed by atoms with E-state index < -0.39 is 0 Å². The molecule has 2 aliphatic rings. The number of benzene rings is 1. The van der Waals surface area contributed by atoms with Crippen LogP contribution in [0.5, 0.6) is 5.75 Å². The monoisotopic (exact) mass is 247 g/mol. The molecule has 1 saturated heterocycles. The van der Waals surface area contributed by atoms with Gasteiger partial charge in [0.1, 0.15) is 5.75 Å². The number of nitrogens with zero attached hydrogens (tertiary/aromatic N) is 1. The van der Waals surface area contributed by atoms with Crippen LogP contribution in [-0.4, -0.2) is 38.3 Å². The Morgan fingerprint density at radius 2 is 2.33 bits per heavy atom. The van der Waals surface area contributed by atoms with Crippen molar-refractivity contribution in [1.82, 2.24) is 4.90 Å². The smallest absolute Gasteiger partial charge is 0.119 e. The SMILES string of the molecule is COc1ccc2c(c1)CCN(CC1CCOC1)C2. The molecule has 1 aromatic carbocycles. The summed E-state index contributed by atoms with van der Waals surface area (Å²) in [6, 6.07) is 6.47. The molecular formula is C15H21NO2. The summed E-state index contributed by atoms with van der Waals surface area (Å²) in [5.41, 5.74) is 2.91. The first-order valence-electron chi connectivity index (χ1n) is 6.81. The molecule has 0 N–H and O–H groups in total. The quantitative estimate of drug-likeness (QED) is 0.816. The second-order valence-corrected chi connectivity index (χ2v) is 5.35. The van der Waals surface area contributed by atoms with Gasteiger partial charge in [-0.2, -0.15) is 0 Å². The maximum atomic E-state index is 5.46. The molecule has 0 saturated carbocycles. The number of fused-ring (bicyclic) bond motifs is 1. The van der Waals surface area contributed by atoms with Crippen molar-refractivity contribution in [2.24, 2.45) is 5.92 Å². The van der Waals surface area contributed by atoms with Crippen LogP contribution in [0.2, 0.25) is 0 Å². The van der Waals surface area contributed by atoms with Gasteiger partial charge < -0.3 is 9.47 Å². The predicted octanol–water partition coefficient (Wildman–Crippen LogP) is 2.09. The first kappa shape index (κ1) is 12.0. The van der Waals surface area contributed by atoms with Crippen LogP contribution in [-0.2, 0) is 17.7 Å². The van der Waals surface area contributed by atoms with E-state index in [-0.39, 0.29) is 0 Å². The molecule has 2 heterocycles. The van der Waals surface area contributed by atoms with Gasteiger partial charge in [0.25, 0.3) is 0 Å². The third-order valence-electron chi connectivity index (χ3n) is 4.05. The summed E-state index contributed by atoms with van der Waals surface area (Å²) in [4.78, 5) is 2.56. The van der Waals surface area contributed by atoms with Crippen LogP contribution >= 0.6 is 0 Å². The van der Waals surface area contributed by atoms with Crippen LogP contribution in [0.25, 0.3) is 0 Å². The Hall–Kier alpha value is -1.06. The first-order valence-corrected chi connectivity index (χ1v) is 6.81. The van der Waals surface area contributed by atoms with Crippen molar-refractivity contribution in [3.8, 4) is 5.75 Å². The minimum Gasteiger partial charge on any atom is -0.497 e. The highest BCUT2D eigenvalue weighted by molar-refractivity contribution is 5.37. The highest BCUT2D eigenvalue weighted by atomic mass is 16.5. The topological polar surface area (TPSA) is 21.7 Å². The Labute approximate surface area is 109 Å². The van der Waals surface area contributed by atoms with E-state index >= 15 is 0 Å². The molecule has 0 amide bonds. The van der Waals surface area contributed by atoms with Gasteiger partial charge in [-0.05, 0) is 42.0 Å². The Morgan fingerprint density at radius 3 is 3.11 bits per heavy atom. The lowest BCUT2D eigenvalue weighted by molar-refractivity contribution is 0.162. The molecule has 0 aliphatic carbocycles. The molecule has 2 aliphatic heterocycles. The minimum absolute atomic E-state index is 0.741. The summed E-state index contributed by atoms with van der Waals surface area (Å²) < 4.78 is 10.7. The average molecular weight is 247 g/mol. The van der Waals surface area contributed by atoms with Crippen LogP contribution in [0.15, 0.2) is 18.2 Å². The summed E-state index contributed by atoms with van der Waals surface area (Å²) in [5, 5.41) is 0. The number of hydrogen-bond donors (Lipinski definition) is 0. The molecule has 1 unspecified atom stereocenters. The Balaban J connectivity index is 1.65. The van der Waals surface area contributed by atoms with Gasteiger partial charge in [-0.3, -0.25) is 4.90 Å². The van der Waals surface area contributed by atoms with E-state index in [9.17, 15) is 0 Å². The van der Waals surface area contributed by atoms with Crippen molar-refractivity contribution in [2.45, 2.75) is 19.4 Å². The molecule has 0 bridgehead atoms. The Morgan fingerprint density at radius 1 is 1.39 bits per heavy atom. The standard InChI is InChI=1S/C15H21NO2/c1-17-15-3-2-14-10-16(6-4-13(14)8-15)9-12-5-7-18-11-12/h2-3,8,12H,4-7,9-11H2,1H3. The van der Waals surface area contributed by atoms with E-state index in [1.807, 2.05) is 0 Å². The first-order chi connectivity index (χ1) is 8.85. The molecule has 3 rings (SSSR count). The van der Waals surface area contributed by atoms with E-state index in [0.29, 0.717) is 0 Å². The molecule has 1 atom stereocenters. The molecule has 0 radical (unpaired) electrons. The van der Waals surface area contributed by atoms with Gasteiger partial charge in [0, 0.05) is 26.2 Å². The molecule has 18 heavy (non-hydrogen) atoms. The van der Waals surface area contributed by atoms with Gasteiger partial charge in [-0.25, -0.2) is 0 Å². The highest BCUT2D eigenvalue weighted by Gasteiger charge is 2.22. The predicted molar refractivity (Wildman–Crippen MR) is 70.9 cm³/mol. The van der Waals surface area contributed by atoms with Gasteiger partial charge in [-0.1, -0.05) is 6.07 Å². The zero-order chi connectivity index (χ0) is 12.4. The maximum Gasteiger partial charge on any atom is 0.119 e. The number of rotatable bonds is 3. The fourth-order valence-corrected chi connectivity index (χ4v) is 2.96. The number of methoxy groups -OCH3 is 1. The van der Waals surface area contributed by atoms with E-state index in [2.05, 4.69) is 23.1 Å². The summed E-state index contributed by atoms with van der Waals surface area (Å²) in [5.74, 6) is 1.72. The third-order valence-corrected chi connectivity index (χ3v) is 4.05. The van der Waals surface area contributed by atoms with Crippen LogP contribution < -0.4 is 4.74 Å². The lowest BCUT2D eigenvalue weighted by atomic mass is 9.98. The lowest BCUT2D eigenvalue weighted by Crippen LogP contribution is -2.34. The molecule has 3 heteroatoms. The molecule has 98 valence electrons. The van der Waals surface area contributed by atoms with E-state index in [0.717, 1.165) is 44.4 Å². The second-order valence-electron chi connectivity index (χ2n) is 5.35. The summed E-state index contributed by atoms with van der Waals surface area (Å²) in [7, 11) is 1.73. The number of hydrogen-bond acceptors (Lipinski definition) is 3. The van der Waals surface area contributed by atoms with Gasteiger partial charge in [-0.15, -0.1) is 0 Å². The normalized spacial score (nSPS) is 23.9. The molecular weight excluding hydrogens is 226 g/mol.